The van der Waals surface area contributed by atoms with Crippen LogP contribution in [0.3, 0.4) is 0 Å². The summed E-state index contributed by atoms with van der Waals surface area (Å²) in [6.07, 6.45) is 3.87. The van der Waals surface area contributed by atoms with Crippen LogP contribution in [-0.4, -0.2) is 13.0 Å². The van der Waals surface area contributed by atoms with Gasteiger partial charge in [-0.05, 0) is 24.1 Å². The van der Waals surface area contributed by atoms with Crippen molar-refractivity contribution in [3.63, 3.8) is 0 Å². The highest BCUT2D eigenvalue weighted by atomic mass is 16.5. The lowest BCUT2D eigenvalue weighted by Crippen LogP contribution is -2.22. The Bertz CT molecular complexity index is 333. The first-order valence-electron chi connectivity index (χ1n) is 6.16. The number of ether oxygens (including phenoxy) is 1. The number of rotatable bonds is 7. The summed E-state index contributed by atoms with van der Waals surface area (Å²) in [5.41, 5.74) is 1.09. The van der Waals surface area contributed by atoms with Gasteiger partial charge in [-0.3, -0.25) is 4.79 Å². The largest absolute Gasteiger partial charge is 0.497 e. The summed E-state index contributed by atoms with van der Waals surface area (Å²) >= 11 is 0. The normalized spacial score (nSPS) is 10.0. The predicted molar refractivity (Wildman–Crippen MR) is 69.0 cm³/mol. The third-order valence-electron chi connectivity index (χ3n) is 2.66. The summed E-state index contributed by atoms with van der Waals surface area (Å²) in [6, 6.07) is 7.73. The molecule has 0 aromatic heterocycles. The van der Waals surface area contributed by atoms with Gasteiger partial charge in [-0.15, -0.1) is 0 Å². The second-order valence-electron chi connectivity index (χ2n) is 4.08. The minimum Gasteiger partial charge on any atom is -0.497 e. The first-order chi connectivity index (χ1) is 8.26. The van der Waals surface area contributed by atoms with E-state index in [2.05, 4.69) is 12.2 Å². The Labute approximate surface area is 103 Å². The highest BCUT2D eigenvalue weighted by molar-refractivity contribution is 5.75. The topological polar surface area (TPSA) is 38.3 Å². The molecular weight excluding hydrogens is 214 g/mol. The molecule has 0 saturated carbocycles. The molecule has 0 bridgehead atoms. The minimum absolute atomic E-state index is 0.134. The molecule has 0 aliphatic rings. The molecule has 1 amide bonds. The number of nitrogens with one attached hydrogen (secondary N) is 1. The third-order valence-corrected chi connectivity index (χ3v) is 2.66. The molecule has 0 radical (unpaired) electrons. The standard InChI is InChI=1S/C14H21NO2/c1-3-4-5-6-14(16)15-11-12-7-9-13(17-2)10-8-12/h7-10H,3-6,11H2,1-2H3,(H,15,16). The van der Waals surface area contributed by atoms with Gasteiger partial charge < -0.3 is 10.1 Å². The Morgan fingerprint density at radius 3 is 2.53 bits per heavy atom. The van der Waals surface area contributed by atoms with Crippen molar-refractivity contribution < 1.29 is 9.53 Å². The Kier molecular flexibility index (Phi) is 6.15. The van der Waals surface area contributed by atoms with Gasteiger partial charge in [0.1, 0.15) is 5.75 Å². The molecule has 1 aromatic rings. The zero-order valence-corrected chi connectivity index (χ0v) is 10.7. The van der Waals surface area contributed by atoms with Crippen molar-refractivity contribution in [1.82, 2.24) is 5.32 Å². The van der Waals surface area contributed by atoms with Crippen molar-refractivity contribution in [2.75, 3.05) is 7.11 Å². The van der Waals surface area contributed by atoms with E-state index in [1.807, 2.05) is 24.3 Å². The monoisotopic (exact) mass is 235 g/mol. The number of carbonyl (C=O) groups excluding carboxylic acids is 1. The fourth-order valence-corrected chi connectivity index (χ4v) is 1.57. The summed E-state index contributed by atoms with van der Waals surface area (Å²) in [6.45, 7) is 2.73. The van der Waals surface area contributed by atoms with Gasteiger partial charge in [0, 0.05) is 13.0 Å². The van der Waals surface area contributed by atoms with Gasteiger partial charge in [0.2, 0.25) is 5.91 Å². The van der Waals surface area contributed by atoms with Crippen molar-refractivity contribution in [3.8, 4) is 5.75 Å². The van der Waals surface area contributed by atoms with Crippen LogP contribution in [0.4, 0.5) is 0 Å². The molecule has 17 heavy (non-hydrogen) atoms. The van der Waals surface area contributed by atoms with Crippen LogP contribution >= 0.6 is 0 Å². The lowest BCUT2D eigenvalue weighted by atomic mass is 10.2. The number of methoxy groups -OCH3 is 1. The lowest BCUT2D eigenvalue weighted by molar-refractivity contribution is -0.121. The molecule has 0 aliphatic heterocycles. The van der Waals surface area contributed by atoms with Gasteiger partial charge in [0.05, 0.1) is 7.11 Å². The smallest absolute Gasteiger partial charge is 0.220 e. The Morgan fingerprint density at radius 2 is 1.94 bits per heavy atom. The third kappa shape index (κ3) is 5.38. The molecule has 1 N–H and O–H groups in total. The van der Waals surface area contributed by atoms with Crippen LogP contribution < -0.4 is 10.1 Å². The first kappa shape index (κ1) is 13.6. The van der Waals surface area contributed by atoms with Gasteiger partial charge in [-0.25, -0.2) is 0 Å². The van der Waals surface area contributed by atoms with E-state index in [-0.39, 0.29) is 5.91 Å². The lowest BCUT2D eigenvalue weighted by Gasteiger charge is -2.06. The van der Waals surface area contributed by atoms with Crippen LogP contribution in [0.25, 0.3) is 0 Å². The molecule has 0 atom stereocenters. The van der Waals surface area contributed by atoms with E-state index < -0.39 is 0 Å². The van der Waals surface area contributed by atoms with E-state index in [4.69, 9.17) is 4.74 Å². The average molecular weight is 235 g/mol. The number of benzene rings is 1. The molecule has 0 fully saturated rings. The molecular formula is C14H21NO2. The van der Waals surface area contributed by atoms with E-state index >= 15 is 0 Å². The minimum atomic E-state index is 0.134. The van der Waals surface area contributed by atoms with Crippen molar-refractivity contribution in [3.05, 3.63) is 29.8 Å². The molecule has 94 valence electrons. The van der Waals surface area contributed by atoms with Gasteiger partial charge >= 0.3 is 0 Å². The molecule has 0 heterocycles. The number of hydrogen-bond acceptors (Lipinski definition) is 2. The first-order valence-corrected chi connectivity index (χ1v) is 6.16. The van der Waals surface area contributed by atoms with Crippen molar-refractivity contribution >= 4 is 5.91 Å². The molecule has 0 spiro atoms. The second kappa shape index (κ2) is 7.71. The van der Waals surface area contributed by atoms with Crippen LogP contribution in [0.15, 0.2) is 24.3 Å². The summed E-state index contributed by atoms with van der Waals surface area (Å²) in [7, 11) is 1.64. The van der Waals surface area contributed by atoms with Crippen molar-refractivity contribution in [1.29, 1.82) is 0 Å². The quantitative estimate of drug-likeness (QED) is 0.738. The summed E-state index contributed by atoms with van der Waals surface area (Å²) < 4.78 is 5.07. The second-order valence-corrected chi connectivity index (χ2v) is 4.08. The summed E-state index contributed by atoms with van der Waals surface area (Å²) in [5.74, 6) is 0.970. The summed E-state index contributed by atoms with van der Waals surface area (Å²) in [5, 5.41) is 2.92. The SMILES string of the molecule is CCCCCC(=O)NCc1ccc(OC)cc1. The Balaban J connectivity index is 2.27. The van der Waals surface area contributed by atoms with Gasteiger partial charge in [0.25, 0.3) is 0 Å². The Hall–Kier alpha value is -1.51. The molecule has 3 heteroatoms. The van der Waals surface area contributed by atoms with Crippen LogP contribution in [0.5, 0.6) is 5.75 Å². The molecule has 1 aromatic carbocycles. The molecule has 1 rings (SSSR count). The zero-order chi connectivity index (χ0) is 12.5. The van der Waals surface area contributed by atoms with Gasteiger partial charge in [0.15, 0.2) is 0 Å². The van der Waals surface area contributed by atoms with Crippen LogP contribution in [0, 0.1) is 0 Å². The molecule has 3 nitrogen and oxygen atoms in total. The molecule has 0 unspecified atom stereocenters. The van der Waals surface area contributed by atoms with E-state index in [0.717, 1.165) is 30.6 Å². The predicted octanol–water partition coefficient (Wildman–Crippen LogP) is 2.89. The summed E-state index contributed by atoms with van der Waals surface area (Å²) in [4.78, 5) is 11.5. The van der Waals surface area contributed by atoms with Crippen LogP contribution in [0.2, 0.25) is 0 Å². The molecule has 0 aliphatic carbocycles. The van der Waals surface area contributed by atoms with Crippen molar-refractivity contribution in [2.24, 2.45) is 0 Å². The average Bonchev–Trinajstić information content (AvgIpc) is 2.37. The highest BCUT2D eigenvalue weighted by Crippen LogP contribution is 2.11. The zero-order valence-electron chi connectivity index (χ0n) is 10.7. The van der Waals surface area contributed by atoms with E-state index in [9.17, 15) is 4.79 Å². The maximum Gasteiger partial charge on any atom is 0.220 e. The number of unbranched alkanes of at least 4 members (excludes halogenated alkanes) is 2. The number of amides is 1. The number of carbonyl (C=O) groups is 1. The van der Waals surface area contributed by atoms with Crippen LogP contribution in [0.1, 0.15) is 38.2 Å². The van der Waals surface area contributed by atoms with Crippen LogP contribution in [-0.2, 0) is 11.3 Å². The fourth-order valence-electron chi connectivity index (χ4n) is 1.57. The maximum atomic E-state index is 11.5. The van der Waals surface area contributed by atoms with Gasteiger partial charge in [-0.2, -0.15) is 0 Å². The Morgan fingerprint density at radius 1 is 1.24 bits per heavy atom. The fraction of sp³-hybridized carbons (Fsp3) is 0.500. The van der Waals surface area contributed by atoms with Crippen molar-refractivity contribution in [2.45, 2.75) is 39.2 Å². The van der Waals surface area contributed by atoms with E-state index in [1.165, 1.54) is 0 Å². The molecule has 0 saturated heterocycles. The number of hydrogen-bond donors (Lipinski definition) is 1. The van der Waals surface area contributed by atoms with E-state index in [0.29, 0.717) is 13.0 Å². The highest BCUT2D eigenvalue weighted by Gasteiger charge is 2.00. The van der Waals surface area contributed by atoms with Gasteiger partial charge in [-0.1, -0.05) is 31.9 Å². The maximum absolute atomic E-state index is 11.5. The van der Waals surface area contributed by atoms with E-state index in [1.54, 1.807) is 7.11 Å².